The fourth-order valence-corrected chi connectivity index (χ4v) is 6.43. The Morgan fingerprint density at radius 3 is 2.58 bits per heavy atom. The molecule has 3 fully saturated rings. The Morgan fingerprint density at radius 1 is 1.31 bits per heavy atom. The van der Waals surface area contributed by atoms with E-state index in [4.69, 9.17) is 21.1 Å². The van der Waals surface area contributed by atoms with Gasteiger partial charge in [-0.15, -0.1) is 6.58 Å². The number of carbonyl (C=O) groups is 3. The van der Waals surface area contributed by atoms with E-state index in [1.54, 1.807) is 37.3 Å². The summed E-state index contributed by atoms with van der Waals surface area (Å²) in [7, 11) is 0. The number of hydrogen-bond donors (Lipinski definition) is 1. The Labute approximate surface area is 216 Å². The van der Waals surface area contributed by atoms with Crippen LogP contribution in [0.4, 0.5) is 5.69 Å². The van der Waals surface area contributed by atoms with Crippen LogP contribution in [0.3, 0.4) is 0 Å². The van der Waals surface area contributed by atoms with Gasteiger partial charge in [-0.3, -0.25) is 14.4 Å². The summed E-state index contributed by atoms with van der Waals surface area (Å²) in [6, 6.07) is 5.14. The van der Waals surface area contributed by atoms with E-state index in [9.17, 15) is 19.5 Å². The maximum absolute atomic E-state index is 14.3. The largest absolute Gasteiger partial charge is 0.461 e. The van der Waals surface area contributed by atoms with Crippen LogP contribution in [0.15, 0.2) is 49.6 Å². The topological polar surface area (TPSA) is 96.4 Å². The number of benzene rings is 1. The second-order valence-electron chi connectivity index (χ2n) is 9.74. The van der Waals surface area contributed by atoms with Crippen LogP contribution in [0, 0.1) is 11.8 Å². The minimum atomic E-state index is -1.21. The van der Waals surface area contributed by atoms with E-state index < -0.39 is 41.1 Å². The summed E-state index contributed by atoms with van der Waals surface area (Å²) in [5.41, 5.74) is -1.51. The number of anilines is 1. The third kappa shape index (κ3) is 3.86. The fourth-order valence-electron chi connectivity index (χ4n) is 6.31. The lowest BCUT2D eigenvalue weighted by Gasteiger charge is -2.38. The third-order valence-electron chi connectivity index (χ3n) is 7.91. The van der Waals surface area contributed by atoms with Crippen molar-refractivity contribution in [2.75, 3.05) is 24.7 Å². The maximum Gasteiger partial charge on any atom is 0.313 e. The molecular weight excluding hydrogens is 484 g/mol. The molecule has 0 aliphatic carbocycles. The van der Waals surface area contributed by atoms with E-state index in [-0.39, 0.29) is 31.6 Å². The van der Waals surface area contributed by atoms with E-state index in [2.05, 4.69) is 13.2 Å². The summed E-state index contributed by atoms with van der Waals surface area (Å²) < 4.78 is 12.1. The van der Waals surface area contributed by atoms with Crippen molar-refractivity contribution in [2.24, 2.45) is 11.8 Å². The van der Waals surface area contributed by atoms with Gasteiger partial charge in [0, 0.05) is 17.3 Å². The fraction of sp³-hybridized carbons (Fsp3) is 0.519. The van der Waals surface area contributed by atoms with Crippen LogP contribution in [0.1, 0.15) is 33.1 Å². The number of aliphatic hydroxyl groups is 1. The number of amides is 2. The molecule has 8 nitrogen and oxygen atoms in total. The standard InChI is InChI=1S/C27H33ClN2O6/c1-5-14-29(19-10-8-18(28)9-11-19)24(33)22-27-13-12-26(7-3,36-27)21(25(34)35-15-6-2)20(27)23(32)30(22)17(4)16-31/h5-6,8-11,17,20-22,31H,1-2,7,12-16H2,3-4H3/t17-,20+,21+,22?,26-,27?/m1/s1. The molecule has 194 valence electrons. The lowest BCUT2D eigenvalue weighted by Crippen LogP contribution is -2.58. The minimum Gasteiger partial charge on any atom is -0.461 e. The molecule has 9 heteroatoms. The molecule has 4 rings (SSSR count). The predicted molar refractivity (Wildman–Crippen MR) is 135 cm³/mol. The maximum atomic E-state index is 14.3. The number of esters is 1. The molecule has 3 saturated heterocycles. The summed E-state index contributed by atoms with van der Waals surface area (Å²) >= 11 is 6.06. The highest BCUT2D eigenvalue weighted by Gasteiger charge is 2.79. The molecule has 2 bridgehead atoms. The van der Waals surface area contributed by atoms with Crippen molar-refractivity contribution in [3.8, 4) is 0 Å². The first kappa shape index (κ1) is 26.4. The van der Waals surface area contributed by atoms with Gasteiger partial charge in [0.25, 0.3) is 5.91 Å². The summed E-state index contributed by atoms with van der Waals surface area (Å²) in [6.07, 6.45) is 4.54. The Morgan fingerprint density at radius 2 is 2.00 bits per heavy atom. The van der Waals surface area contributed by atoms with Crippen LogP contribution in [0.25, 0.3) is 0 Å². The zero-order valence-corrected chi connectivity index (χ0v) is 21.4. The second kappa shape index (κ2) is 10.00. The number of rotatable bonds is 10. The van der Waals surface area contributed by atoms with Crippen LogP contribution >= 0.6 is 11.6 Å². The van der Waals surface area contributed by atoms with Crippen molar-refractivity contribution in [3.63, 3.8) is 0 Å². The lowest BCUT2D eigenvalue weighted by molar-refractivity contribution is -0.161. The molecule has 3 aliphatic rings. The average molecular weight is 517 g/mol. The van der Waals surface area contributed by atoms with Crippen molar-refractivity contribution >= 4 is 35.1 Å². The van der Waals surface area contributed by atoms with Crippen LogP contribution in [0.5, 0.6) is 0 Å². The van der Waals surface area contributed by atoms with E-state index in [1.165, 1.54) is 15.9 Å². The number of fused-ring (bicyclic) bond motifs is 1. The van der Waals surface area contributed by atoms with Crippen LogP contribution < -0.4 is 4.90 Å². The van der Waals surface area contributed by atoms with Gasteiger partial charge in [0.15, 0.2) is 0 Å². The molecule has 1 N–H and O–H groups in total. The molecule has 36 heavy (non-hydrogen) atoms. The summed E-state index contributed by atoms with van der Waals surface area (Å²) in [5, 5.41) is 10.6. The molecule has 1 aromatic carbocycles. The molecule has 2 unspecified atom stereocenters. The molecule has 1 aromatic rings. The van der Waals surface area contributed by atoms with E-state index in [0.717, 1.165) is 0 Å². The smallest absolute Gasteiger partial charge is 0.313 e. The van der Waals surface area contributed by atoms with Crippen molar-refractivity contribution in [1.82, 2.24) is 4.90 Å². The molecule has 0 aromatic heterocycles. The lowest BCUT2D eigenvalue weighted by atomic mass is 9.65. The SMILES string of the molecule is C=CCOC(=O)[C@@H]1[C@H]2C(=O)N([C@H](C)CO)C(C(=O)N(CC=C)c3ccc(Cl)cc3)C23CC[C@@]1(CC)O3. The third-order valence-corrected chi connectivity index (χ3v) is 8.16. The van der Waals surface area contributed by atoms with E-state index in [1.807, 2.05) is 6.92 Å². The van der Waals surface area contributed by atoms with Crippen LogP contribution in [-0.2, 0) is 23.9 Å². The number of ether oxygens (including phenoxy) is 2. The van der Waals surface area contributed by atoms with Crippen molar-refractivity contribution in [3.05, 3.63) is 54.6 Å². The molecule has 3 aliphatic heterocycles. The number of hydrogen-bond acceptors (Lipinski definition) is 6. The van der Waals surface area contributed by atoms with Gasteiger partial charge in [-0.2, -0.15) is 0 Å². The second-order valence-corrected chi connectivity index (χ2v) is 10.2. The highest BCUT2D eigenvalue weighted by atomic mass is 35.5. The quantitative estimate of drug-likeness (QED) is 0.379. The van der Waals surface area contributed by atoms with Gasteiger partial charge in [-0.1, -0.05) is 37.3 Å². The van der Waals surface area contributed by atoms with Crippen molar-refractivity contribution < 1.29 is 29.0 Å². The number of likely N-dealkylation sites (tertiary alicyclic amines) is 1. The van der Waals surface area contributed by atoms with Crippen LogP contribution in [-0.4, -0.2) is 70.8 Å². The summed E-state index contributed by atoms with van der Waals surface area (Å²) in [6.45, 7) is 10.9. The molecule has 2 amide bonds. The average Bonchev–Trinajstić information content (AvgIpc) is 3.49. The highest BCUT2D eigenvalue weighted by Crippen LogP contribution is 2.64. The van der Waals surface area contributed by atoms with Crippen molar-refractivity contribution in [2.45, 2.75) is 56.4 Å². The first-order valence-corrected chi connectivity index (χ1v) is 12.7. The van der Waals surface area contributed by atoms with Gasteiger partial charge in [0.05, 0.1) is 24.2 Å². The Bertz CT molecular complexity index is 1060. The minimum absolute atomic E-state index is 0.0197. The summed E-state index contributed by atoms with van der Waals surface area (Å²) in [5.74, 6) is -3.00. The zero-order chi connectivity index (χ0) is 26.3. The predicted octanol–water partition coefficient (Wildman–Crippen LogP) is 3.12. The molecule has 6 atom stereocenters. The molecular formula is C27H33ClN2O6. The van der Waals surface area contributed by atoms with Gasteiger partial charge in [-0.05, 0) is 50.5 Å². The summed E-state index contributed by atoms with van der Waals surface area (Å²) in [4.78, 5) is 44.5. The molecule has 3 heterocycles. The highest BCUT2D eigenvalue weighted by molar-refractivity contribution is 6.30. The first-order valence-electron chi connectivity index (χ1n) is 12.3. The normalized spacial score (nSPS) is 31.2. The Kier molecular flexibility index (Phi) is 7.33. The van der Waals surface area contributed by atoms with Crippen LogP contribution in [0.2, 0.25) is 5.02 Å². The molecule has 1 spiro atoms. The number of carbonyl (C=O) groups excluding carboxylic acids is 3. The number of halogens is 1. The van der Waals surface area contributed by atoms with Gasteiger partial charge >= 0.3 is 5.97 Å². The monoisotopic (exact) mass is 516 g/mol. The van der Waals surface area contributed by atoms with Gasteiger partial charge in [0.1, 0.15) is 24.2 Å². The zero-order valence-electron chi connectivity index (χ0n) is 20.7. The number of nitrogens with zero attached hydrogens (tertiary/aromatic N) is 2. The van der Waals surface area contributed by atoms with Gasteiger partial charge < -0.3 is 24.4 Å². The van der Waals surface area contributed by atoms with Gasteiger partial charge in [-0.25, -0.2) is 0 Å². The molecule has 0 radical (unpaired) electrons. The Hall–Kier alpha value is -2.68. The molecule has 0 saturated carbocycles. The Balaban J connectivity index is 1.82. The first-order chi connectivity index (χ1) is 17.2. The van der Waals surface area contributed by atoms with E-state index >= 15 is 0 Å². The van der Waals surface area contributed by atoms with Crippen molar-refractivity contribution in [1.29, 1.82) is 0 Å². The van der Waals surface area contributed by atoms with Gasteiger partial charge in [0.2, 0.25) is 5.91 Å². The van der Waals surface area contributed by atoms with E-state index in [0.29, 0.717) is 30.0 Å². The number of aliphatic hydroxyl groups excluding tert-OH is 1.